The van der Waals surface area contributed by atoms with Crippen LogP contribution in [0.2, 0.25) is 0 Å². The molecule has 0 spiro atoms. The Bertz CT molecular complexity index is 1350. The van der Waals surface area contributed by atoms with Crippen molar-refractivity contribution >= 4 is 35.3 Å². The molecule has 0 atom stereocenters. The van der Waals surface area contributed by atoms with E-state index in [1.165, 1.54) is 51.6 Å². The average molecular weight is 667 g/mol. The maximum Gasteiger partial charge on any atom is 0.119 e. The number of benzene rings is 4. The Morgan fingerprint density at radius 3 is 0.756 bits per heavy atom. The molecule has 0 aliphatic heterocycles. The Labute approximate surface area is 278 Å². The summed E-state index contributed by atoms with van der Waals surface area (Å²) in [4.78, 5) is 0. The minimum absolute atomic E-state index is 0.0557. The Hall–Kier alpha value is -3.27. The molecule has 0 radical (unpaired) electrons. The third-order valence-electron chi connectivity index (χ3n) is 7.68. The van der Waals surface area contributed by atoms with Crippen molar-refractivity contribution < 1.29 is 30.6 Å². The minimum atomic E-state index is 0.0557. The first kappa shape index (κ1) is 34.6. The van der Waals surface area contributed by atoms with Crippen molar-refractivity contribution in [3.05, 3.63) is 105 Å². The van der Waals surface area contributed by atoms with Crippen LogP contribution in [0.5, 0.6) is 34.5 Å². The van der Waals surface area contributed by atoms with Gasteiger partial charge in [-0.05, 0) is 106 Å². The molecule has 240 valence electrons. The molecule has 0 saturated heterocycles. The largest absolute Gasteiger partial charge is 0.508 e. The lowest BCUT2D eigenvalue weighted by Gasteiger charge is -2.26. The summed E-state index contributed by atoms with van der Waals surface area (Å²) in [5, 5.41) is 59.8. The van der Waals surface area contributed by atoms with Crippen LogP contribution in [0.25, 0.3) is 0 Å². The predicted molar refractivity (Wildman–Crippen MR) is 189 cm³/mol. The van der Waals surface area contributed by atoms with Gasteiger partial charge in [0.1, 0.15) is 34.5 Å². The van der Waals surface area contributed by atoms with Crippen LogP contribution < -0.4 is 0 Å². The Balaban J connectivity index is 1.67. The number of phenolic OH excluding ortho intramolecular Hbond substituents is 6. The summed E-state index contributed by atoms with van der Waals surface area (Å²) < 4.78 is 0. The third-order valence-corrected chi connectivity index (χ3v) is 10.8. The average Bonchev–Trinajstić information content (AvgIpc) is 2.96. The predicted octanol–water partition coefficient (Wildman–Crippen LogP) is 8.91. The summed E-state index contributed by atoms with van der Waals surface area (Å²) in [5.74, 6) is 4.68. The van der Waals surface area contributed by atoms with Gasteiger partial charge in [0.2, 0.25) is 0 Å². The highest BCUT2D eigenvalue weighted by Gasteiger charge is 2.22. The molecule has 45 heavy (non-hydrogen) atoms. The molecule has 4 aromatic carbocycles. The highest BCUT2D eigenvalue weighted by molar-refractivity contribution is 7.98. The summed E-state index contributed by atoms with van der Waals surface area (Å²) in [6, 6.07) is 14.2. The second-order valence-corrected chi connectivity index (χ2v) is 13.9. The lowest BCUT2D eigenvalue weighted by atomic mass is 9.85. The van der Waals surface area contributed by atoms with Crippen LogP contribution in [0.4, 0.5) is 0 Å². The van der Waals surface area contributed by atoms with E-state index in [0.29, 0.717) is 17.3 Å². The number of phenols is 6. The van der Waals surface area contributed by atoms with E-state index >= 15 is 0 Å². The van der Waals surface area contributed by atoms with Crippen LogP contribution >= 0.6 is 35.3 Å². The van der Waals surface area contributed by atoms with E-state index in [2.05, 4.69) is 20.8 Å². The minimum Gasteiger partial charge on any atom is -0.508 e. The van der Waals surface area contributed by atoms with Crippen molar-refractivity contribution in [1.82, 2.24) is 0 Å². The summed E-state index contributed by atoms with van der Waals surface area (Å²) in [5.41, 5.74) is 10.8. The summed E-state index contributed by atoms with van der Waals surface area (Å²) in [6.45, 7) is 6.62. The monoisotopic (exact) mass is 666 g/mol. The van der Waals surface area contributed by atoms with Gasteiger partial charge in [-0.3, -0.25) is 0 Å². The van der Waals surface area contributed by atoms with Crippen molar-refractivity contribution in [2.75, 3.05) is 0 Å². The zero-order valence-corrected chi connectivity index (χ0v) is 28.4. The van der Waals surface area contributed by atoms with Crippen LogP contribution in [0.1, 0.15) is 70.8 Å². The van der Waals surface area contributed by atoms with Crippen LogP contribution in [-0.4, -0.2) is 30.6 Å². The van der Waals surface area contributed by atoms with Crippen LogP contribution in [0.15, 0.2) is 54.6 Å². The molecule has 0 unspecified atom stereocenters. The quantitative estimate of drug-likeness (QED) is 0.0739. The van der Waals surface area contributed by atoms with Crippen molar-refractivity contribution in [2.24, 2.45) is 0 Å². The Morgan fingerprint density at radius 1 is 0.333 bits per heavy atom. The molecule has 0 bridgehead atoms. The van der Waals surface area contributed by atoms with Crippen molar-refractivity contribution in [2.45, 2.75) is 74.6 Å². The smallest absolute Gasteiger partial charge is 0.119 e. The van der Waals surface area contributed by atoms with Gasteiger partial charge in [0, 0.05) is 52.7 Å². The maximum atomic E-state index is 9.97. The van der Waals surface area contributed by atoms with E-state index in [1.54, 1.807) is 71.7 Å². The van der Waals surface area contributed by atoms with E-state index < -0.39 is 0 Å². The molecule has 0 aliphatic carbocycles. The van der Waals surface area contributed by atoms with Gasteiger partial charge < -0.3 is 30.6 Å². The van der Waals surface area contributed by atoms with Crippen LogP contribution in [0, 0.1) is 0 Å². The topological polar surface area (TPSA) is 121 Å². The molecule has 0 fully saturated rings. The SMILES string of the molecule is CCc1c(CSCc2cc(O)cc(O)c2)c(CC)c(CSCc2cc(O)cc(O)c2)c(CC)c1CSCc1cc(O)cc(O)c1. The first-order chi connectivity index (χ1) is 21.6. The molecule has 9 heteroatoms. The molecule has 0 heterocycles. The van der Waals surface area contributed by atoms with Gasteiger partial charge >= 0.3 is 0 Å². The van der Waals surface area contributed by atoms with Gasteiger partial charge in [0.25, 0.3) is 0 Å². The molecular formula is C36H42O6S3. The fraction of sp³-hybridized carbons (Fsp3) is 0.333. The number of rotatable bonds is 15. The lowest BCUT2D eigenvalue weighted by Crippen LogP contribution is -2.12. The molecule has 0 aliphatic rings. The molecule has 4 aromatic rings. The van der Waals surface area contributed by atoms with Crippen LogP contribution in [0.3, 0.4) is 0 Å². The van der Waals surface area contributed by atoms with Gasteiger partial charge in [-0.1, -0.05) is 20.8 Å². The first-order valence-electron chi connectivity index (χ1n) is 15.1. The Kier molecular flexibility index (Phi) is 12.6. The van der Waals surface area contributed by atoms with Crippen molar-refractivity contribution in [3.63, 3.8) is 0 Å². The molecule has 0 amide bonds. The summed E-state index contributed by atoms with van der Waals surface area (Å²) in [6.07, 6.45) is 2.67. The van der Waals surface area contributed by atoms with Gasteiger partial charge in [-0.25, -0.2) is 0 Å². The maximum absolute atomic E-state index is 9.97. The molecule has 6 nitrogen and oxygen atoms in total. The Morgan fingerprint density at radius 2 is 0.556 bits per heavy atom. The van der Waals surface area contributed by atoms with E-state index in [9.17, 15) is 30.6 Å². The third kappa shape index (κ3) is 9.37. The second kappa shape index (κ2) is 16.3. The zero-order valence-electron chi connectivity index (χ0n) is 26.0. The van der Waals surface area contributed by atoms with Gasteiger partial charge in [0.05, 0.1) is 0 Å². The van der Waals surface area contributed by atoms with E-state index in [1.807, 2.05) is 0 Å². The number of hydrogen-bond acceptors (Lipinski definition) is 9. The van der Waals surface area contributed by atoms with Crippen molar-refractivity contribution in [3.8, 4) is 34.5 Å². The molecule has 0 aromatic heterocycles. The molecule has 0 saturated carbocycles. The van der Waals surface area contributed by atoms with E-state index in [-0.39, 0.29) is 34.5 Å². The first-order valence-corrected chi connectivity index (χ1v) is 18.5. The van der Waals surface area contributed by atoms with Gasteiger partial charge in [0.15, 0.2) is 0 Å². The number of thioether (sulfide) groups is 3. The highest BCUT2D eigenvalue weighted by atomic mass is 32.2. The normalized spacial score (nSPS) is 11.3. The summed E-state index contributed by atoms with van der Waals surface area (Å²) >= 11 is 5.30. The van der Waals surface area contributed by atoms with Crippen LogP contribution in [-0.2, 0) is 53.8 Å². The van der Waals surface area contributed by atoms with Gasteiger partial charge in [-0.2, -0.15) is 35.3 Å². The number of aromatic hydroxyl groups is 6. The molecule has 6 N–H and O–H groups in total. The van der Waals surface area contributed by atoms with E-state index in [4.69, 9.17) is 0 Å². The van der Waals surface area contributed by atoms with Crippen molar-refractivity contribution in [1.29, 1.82) is 0 Å². The number of hydrogen-bond donors (Lipinski definition) is 6. The van der Waals surface area contributed by atoms with E-state index in [0.717, 1.165) is 53.2 Å². The summed E-state index contributed by atoms with van der Waals surface area (Å²) in [7, 11) is 0. The highest BCUT2D eigenvalue weighted by Crippen LogP contribution is 2.39. The fourth-order valence-corrected chi connectivity index (χ4v) is 9.10. The second-order valence-electron chi connectivity index (χ2n) is 11.0. The fourth-order valence-electron chi connectivity index (χ4n) is 5.93. The zero-order chi connectivity index (χ0) is 32.5. The van der Waals surface area contributed by atoms with Gasteiger partial charge in [-0.15, -0.1) is 0 Å². The standard InChI is InChI=1S/C36H42O6S3/c1-4-31-34(19-43-16-22-7-25(37)13-26(38)8-22)32(5-2)36(21-45-18-24-11-29(41)15-30(42)12-24)33(6-3)35(31)20-44-17-23-9-27(39)14-28(40)10-23/h7-15,37-42H,4-6,16-21H2,1-3H3. The molecule has 4 rings (SSSR count). The lowest BCUT2D eigenvalue weighted by molar-refractivity contribution is 0.448. The molecular weight excluding hydrogens is 625 g/mol.